The highest BCUT2D eigenvalue weighted by atomic mass is 16.5. The minimum absolute atomic E-state index is 0.431. The van der Waals surface area contributed by atoms with Gasteiger partial charge in [-0.1, -0.05) is 23.4 Å². The van der Waals surface area contributed by atoms with Crippen molar-refractivity contribution in [2.75, 3.05) is 18.0 Å². The first-order valence-electron chi connectivity index (χ1n) is 8.59. The smallest absolute Gasteiger partial charge is 0.341 e. The molecule has 0 radical (unpaired) electrons. The third-order valence-electron chi connectivity index (χ3n) is 4.91. The summed E-state index contributed by atoms with van der Waals surface area (Å²) in [7, 11) is 0. The second kappa shape index (κ2) is 5.54. The molecule has 7 nitrogen and oxygen atoms in total. The number of fused-ring (bicyclic) bond motifs is 1. The van der Waals surface area contributed by atoms with Crippen LogP contribution in [0.2, 0.25) is 0 Å². The normalized spacial score (nSPS) is 15.9. The lowest BCUT2D eigenvalue weighted by molar-refractivity contribution is 0.388. The number of aryl methyl sites for hydroxylation is 1. The Morgan fingerprint density at radius 1 is 1.08 bits per heavy atom. The van der Waals surface area contributed by atoms with E-state index in [4.69, 9.17) is 9.97 Å². The number of aromatic amines is 1. The van der Waals surface area contributed by atoms with Crippen molar-refractivity contribution in [3.63, 3.8) is 0 Å². The van der Waals surface area contributed by atoms with Gasteiger partial charge in [0.05, 0.1) is 5.69 Å². The standard InChI is InChI=1S/C18H17N5O2/c24-18-21-16(22-25-18)12-5-1-4-11(10-12)15-13-6-2-7-14(13)19-17(20-15)23-8-3-9-23/h1,4-5,10H,2-3,6-9H2,(H,21,22,24). The van der Waals surface area contributed by atoms with E-state index in [1.165, 1.54) is 17.7 Å². The number of nitrogens with one attached hydrogen (secondary N) is 1. The van der Waals surface area contributed by atoms with E-state index in [0.717, 1.165) is 55.1 Å². The van der Waals surface area contributed by atoms with Gasteiger partial charge in [-0.15, -0.1) is 0 Å². The molecule has 1 fully saturated rings. The number of hydrogen-bond acceptors (Lipinski definition) is 6. The zero-order valence-corrected chi connectivity index (χ0v) is 13.7. The maximum atomic E-state index is 11.2. The average Bonchev–Trinajstić information content (AvgIpc) is 3.21. The SMILES string of the molecule is O=c1[nH]c(-c2cccc(-c3nc(N4CCC4)nc4c3CCC4)c2)no1. The van der Waals surface area contributed by atoms with Crippen molar-refractivity contribution in [2.24, 2.45) is 0 Å². The van der Waals surface area contributed by atoms with Crippen LogP contribution in [0.3, 0.4) is 0 Å². The van der Waals surface area contributed by atoms with Crippen LogP contribution in [0.1, 0.15) is 24.1 Å². The van der Waals surface area contributed by atoms with Crippen molar-refractivity contribution in [2.45, 2.75) is 25.7 Å². The summed E-state index contributed by atoms with van der Waals surface area (Å²) >= 11 is 0. The monoisotopic (exact) mass is 335 g/mol. The van der Waals surface area contributed by atoms with Gasteiger partial charge < -0.3 is 4.90 Å². The van der Waals surface area contributed by atoms with Crippen LogP contribution < -0.4 is 10.7 Å². The van der Waals surface area contributed by atoms with Crippen molar-refractivity contribution in [3.8, 4) is 22.6 Å². The van der Waals surface area contributed by atoms with Crippen LogP contribution in [0.25, 0.3) is 22.6 Å². The van der Waals surface area contributed by atoms with Gasteiger partial charge in [-0.2, -0.15) is 0 Å². The first kappa shape index (κ1) is 14.4. The van der Waals surface area contributed by atoms with Crippen LogP contribution in [0.5, 0.6) is 0 Å². The zero-order valence-electron chi connectivity index (χ0n) is 13.7. The third kappa shape index (κ3) is 2.43. The van der Waals surface area contributed by atoms with E-state index in [9.17, 15) is 4.79 Å². The minimum Gasteiger partial charge on any atom is -0.341 e. The van der Waals surface area contributed by atoms with Gasteiger partial charge in [0, 0.05) is 35.5 Å². The van der Waals surface area contributed by atoms with Gasteiger partial charge in [-0.05, 0) is 31.7 Å². The van der Waals surface area contributed by atoms with Crippen molar-refractivity contribution in [3.05, 3.63) is 46.1 Å². The van der Waals surface area contributed by atoms with Crippen molar-refractivity contribution >= 4 is 5.95 Å². The molecule has 126 valence electrons. The number of H-pyrrole nitrogens is 1. The number of benzene rings is 1. The van der Waals surface area contributed by atoms with Gasteiger partial charge in [-0.25, -0.2) is 14.8 Å². The topological polar surface area (TPSA) is 87.9 Å². The highest BCUT2D eigenvalue weighted by Gasteiger charge is 2.24. The Balaban J connectivity index is 1.63. The Morgan fingerprint density at radius 3 is 2.72 bits per heavy atom. The summed E-state index contributed by atoms with van der Waals surface area (Å²) in [6.07, 6.45) is 4.35. The summed E-state index contributed by atoms with van der Waals surface area (Å²) in [5.41, 5.74) is 5.24. The van der Waals surface area contributed by atoms with Crippen LogP contribution in [-0.2, 0) is 12.8 Å². The highest BCUT2D eigenvalue weighted by molar-refractivity contribution is 5.71. The summed E-state index contributed by atoms with van der Waals surface area (Å²) in [5, 5.41) is 3.78. The summed E-state index contributed by atoms with van der Waals surface area (Å²) in [6.45, 7) is 2.05. The van der Waals surface area contributed by atoms with Crippen LogP contribution in [0.4, 0.5) is 5.95 Å². The van der Waals surface area contributed by atoms with Gasteiger partial charge >= 0.3 is 5.76 Å². The van der Waals surface area contributed by atoms with Gasteiger partial charge in [0.15, 0.2) is 5.82 Å². The van der Waals surface area contributed by atoms with Crippen molar-refractivity contribution in [1.82, 2.24) is 20.1 Å². The second-order valence-electron chi connectivity index (χ2n) is 6.52. The number of hydrogen-bond donors (Lipinski definition) is 1. The molecule has 25 heavy (non-hydrogen) atoms. The predicted molar refractivity (Wildman–Crippen MR) is 92.4 cm³/mol. The molecule has 0 saturated carbocycles. The summed E-state index contributed by atoms with van der Waals surface area (Å²) in [5.74, 6) is 0.714. The Hall–Kier alpha value is -2.96. The van der Waals surface area contributed by atoms with Crippen LogP contribution in [0.15, 0.2) is 33.6 Å². The van der Waals surface area contributed by atoms with E-state index < -0.39 is 5.76 Å². The Kier molecular flexibility index (Phi) is 3.19. The van der Waals surface area contributed by atoms with E-state index in [1.807, 2.05) is 24.3 Å². The maximum Gasteiger partial charge on any atom is 0.439 e. The molecule has 5 rings (SSSR count). The van der Waals surface area contributed by atoms with E-state index in [1.54, 1.807) is 0 Å². The molecule has 0 unspecified atom stereocenters. The lowest BCUT2D eigenvalue weighted by Crippen LogP contribution is -2.38. The number of nitrogens with zero attached hydrogens (tertiary/aromatic N) is 4. The Morgan fingerprint density at radius 2 is 1.96 bits per heavy atom. The third-order valence-corrected chi connectivity index (χ3v) is 4.91. The molecule has 1 aliphatic carbocycles. The Labute approximate surface area is 143 Å². The Bertz CT molecular complexity index is 1000. The van der Waals surface area contributed by atoms with Gasteiger partial charge in [0.2, 0.25) is 5.95 Å². The zero-order chi connectivity index (χ0) is 16.8. The molecule has 3 aromatic rings. The molecule has 0 atom stereocenters. The molecule has 1 N–H and O–H groups in total. The highest BCUT2D eigenvalue weighted by Crippen LogP contribution is 2.33. The second-order valence-corrected chi connectivity index (χ2v) is 6.52. The molecular weight excluding hydrogens is 318 g/mol. The van der Waals surface area contributed by atoms with Crippen LogP contribution in [0, 0.1) is 0 Å². The van der Waals surface area contributed by atoms with E-state index in [-0.39, 0.29) is 0 Å². The first-order chi connectivity index (χ1) is 12.3. The number of rotatable bonds is 3. The van der Waals surface area contributed by atoms with E-state index in [2.05, 4.69) is 19.6 Å². The first-order valence-corrected chi connectivity index (χ1v) is 8.59. The van der Waals surface area contributed by atoms with Crippen molar-refractivity contribution in [1.29, 1.82) is 0 Å². The summed E-state index contributed by atoms with van der Waals surface area (Å²) in [4.78, 5) is 25.7. The van der Waals surface area contributed by atoms with Gasteiger partial charge in [-0.3, -0.25) is 9.51 Å². The molecule has 3 heterocycles. The van der Waals surface area contributed by atoms with Crippen LogP contribution in [-0.4, -0.2) is 33.2 Å². The molecule has 2 aromatic heterocycles. The fraction of sp³-hybridized carbons (Fsp3) is 0.333. The quantitative estimate of drug-likeness (QED) is 0.789. The van der Waals surface area contributed by atoms with Crippen LogP contribution >= 0.6 is 0 Å². The van der Waals surface area contributed by atoms with E-state index >= 15 is 0 Å². The van der Waals surface area contributed by atoms with Gasteiger partial charge in [0.1, 0.15) is 0 Å². The predicted octanol–water partition coefficient (Wildman–Crippen LogP) is 2.19. The molecule has 2 aliphatic rings. The lowest BCUT2D eigenvalue weighted by Gasteiger charge is -2.31. The molecular formula is C18H17N5O2. The molecule has 0 amide bonds. The number of anilines is 1. The lowest BCUT2D eigenvalue weighted by atomic mass is 10.0. The molecule has 1 saturated heterocycles. The number of aromatic nitrogens is 4. The van der Waals surface area contributed by atoms with Crippen molar-refractivity contribution < 1.29 is 4.52 Å². The summed E-state index contributed by atoms with van der Waals surface area (Å²) < 4.78 is 4.62. The van der Waals surface area contributed by atoms with Gasteiger partial charge in [0.25, 0.3) is 0 Å². The largest absolute Gasteiger partial charge is 0.439 e. The molecule has 1 aromatic carbocycles. The molecule has 0 spiro atoms. The van der Waals surface area contributed by atoms with E-state index in [0.29, 0.717) is 5.82 Å². The average molecular weight is 335 g/mol. The fourth-order valence-corrected chi connectivity index (χ4v) is 3.48. The summed E-state index contributed by atoms with van der Waals surface area (Å²) in [6, 6.07) is 7.89. The molecule has 1 aliphatic heterocycles. The molecule has 0 bridgehead atoms. The molecule has 7 heteroatoms. The minimum atomic E-state index is -0.552. The fourth-order valence-electron chi connectivity index (χ4n) is 3.48. The maximum absolute atomic E-state index is 11.2.